The minimum Gasteiger partial charge on any atom is -0.489 e. The topological polar surface area (TPSA) is 76.5 Å². The monoisotopic (exact) mass is 487 g/mol. The Bertz CT molecular complexity index is 1250. The normalized spacial score (nSPS) is 20.5. The highest BCUT2D eigenvalue weighted by Gasteiger charge is 2.28. The average Bonchev–Trinajstić information content (AvgIpc) is 3.32. The molecule has 1 fully saturated rings. The number of aromatic nitrogens is 2. The summed E-state index contributed by atoms with van der Waals surface area (Å²) in [4.78, 5) is 9.20. The molecule has 0 spiro atoms. The van der Waals surface area contributed by atoms with Crippen LogP contribution in [0, 0.1) is 12.7 Å². The number of halogens is 3. The third kappa shape index (κ3) is 4.61. The zero-order chi connectivity index (χ0) is 24.7. The summed E-state index contributed by atoms with van der Waals surface area (Å²) in [6, 6.07) is 5.23. The third-order valence-electron chi connectivity index (χ3n) is 6.77. The molecule has 3 aromatic rings. The van der Waals surface area contributed by atoms with Crippen LogP contribution in [0.15, 0.2) is 24.3 Å². The highest BCUT2D eigenvalue weighted by molar-refractivity contribution is 5.95. The van der Waals surface area contributed by atoms with Gasteiger partial charge in [0.25, 0.3) is 6.43 Å². The van der Waals surface area contributed by atoms with Gasteiger partial charge in [-0.05, 0) is 45.6 Å². The van der Waals surface area contributed by atoms with Gasteiger partial charge in [0, 0.05) is 22.9 Å². The van der Waals surface area contributed by atoms with E-state index in [1.807, 2.05) is 6.07 Å². The van der Waals surface area contributed by atoms with Gasteiger partial charge in [0.2, 0.25) is 0 Å². The van der Waals surface area contributed by atoms with E-state index in [1.165, 1.54) is 12.1 Å². The molecule has 5 rings (SSSR count). The first-order valence-corrected chi connectivity index (χ1v) is 12.0. The molecular weight excluding hydrogens is 459 g/mol. The fourth-order valence-electron chi connectivity index (χ4n) is 4.94. The standard InChI is InChI=1S/C26H28F3N3O3/c1-13(17-4-3-5-18(22(17)27)25(28)29)30-26-20-12-21(35-16-8-6-15(33)7-9-16)24-19(10-11-34-24)23(20)31-14(2)32-26/h3-5,12-13,15-16,25,33H,6-11H2,1-2H3,(H,30,31,32)/t13-,15?,16?/m1/s1. The number of nitrogens with zero attached hydrogens (tertiary/aromatic N) is 2. The fourth-order valence-corrected chi connectivity index (χ4v) is 4.94. The second kappa shape index (κ2) is 9.53. The molecule has 6 nitrogen and oxygen atoms in total. The van der Waals surface area contributed by atoms with Gasteiger partial charge in [-0.1, -0.05) is 18.2 Å². The number of nitrogens with one attached hydrogen (secondary N) is 1. The molecule has 9 heteroatoms. The van der Waals surface area contributed by atoms with Crippen LogP contribution in [-0.2, 0) is 6.42 Å². The molecule has 1 atom stereocenters. The first kappa shape index (κ1) is 23.7. The smallest absolute Gasteiger partial charge is 0.266 e. The number of rotatable bonds is 6. The van der Waals surface area contributed by atoms with Gasteiger partial charge in [-0.15, -0.1) is 0 Å². The number of hydrogen-bond donors (Lipinski definition) is 2. The van der Waals surface area contributed by atoms with E-state index in [1.54, 1.807) is 13.8 Å². The summed E-state index contributed by atoms with van der Waals surface area (Å²) in [5.74, 6) is 1.35. The number of benzene rings is 2. The van der Waals surface area contributed by atoms with E-state index in [0.717, 1.165) is 30.0 Å². The maximum absolute atomic E-state index is 14.8. The second-order valence-electron chi connectivity index (χ2n) is 9.26. The quantitative estimate of drug-likeness (QED) is 0.457. The summed E-state index contributed by atoms with van der Waals surface area (Å²) < 4.78 is 53.5. The summed E-state index contributed by atoms with van der Waals surface area (Å²) in [6.07, 6.45) is 0.341. The molecule has 0 unspecified atom stereocenters. The molecular formula is C26H28F3N3O3. The van der Waals surface area contributed by atoms with E-state index in [2.05, 4.69) is 15.3 Å². The molecule has 0 amide bonds. The van der Waals surface area contributed by atoms with Crippen molar-refractivity contribution in [2.24, 2.45) is 0 Å². The van der Waals surface area contributed by atoms with Gasteiger partial charge in [-0.25, -0.2) is 23.1 Å². The molecule has 1 saturated carbocycles. The van der Waals surface area contributed by atoms with Gasteiger partial charge in [-0.2, -0.15) is 0 Å². The summed E-state index contributed by atoms with van der Waals surface area (Å²) in [6.45, 7) is 3.99. The first-order chi connectivity index (χ1) is 16.8. The van der Waals surface area contributed by atoms with Crippen molar-refractivity contribution in [1.82, 2.24) is 9.97 Å². The highest BCUT2D eigenvalue weighted by Crippen LogP contribution is 2.44. The predicted molar refractivity (Wildman–Crippen MR) is 126 cm³/mol. The van der Waals surface area contributed by atoms with Crippen LogP contribution in [0.3, 0.4) is 0 Å². The van der Waals surface area contributed by atoms with Crippen molar-refractivity contribution in [1.29, 1.82) is 0 Å². The lowest BCUT2D eigenvalue weighted by atomic mass is 9.95. The Hall–Kier alpha value is -3.07. The Morgan fingerprint density at radius 3 is 2.63 bits per heavy atom. The van der Waals surface area contributed by atoms with Crippen LogP contribution < -0.4 is 14.8 Å². The largest absolute Gasteiger partial charge is 0.489 e. The van der Waals surface area contributed by atoms with Crippen molar-refractivity contribution in [3.05, 3.63) is 52.6 Å². The Morgan fingerprint density at radius 1 is 1.14 bits per heavy atom. The summed E-state index contributed by atoms with van der Waals surface area (Å²) >= 11 is 0. The predicted octanol–water partition coefficient (Wildman–Crippen LogP) is 5.81. The maximum Gasteiger partial charge on any atom is 0.266 e. The van der Waals surface area contributed by atoms with E-state index >= 15 is 0 Å². The zero-order valence-electron chi connectivity index (χ0n) is 19.7. The van der Waals surface area contributed by atoms with E-state index < -0.39 is 23.8 Å². The van der Waals surface area contributed by atoms with Crippen LogP contribution in [-0.4, -0.2) is 33.9 Å². The van der Waals surface area contributed by atoms with E-state index in [4.69, 9.17) is 9.47 Å². The Morgan fingerprint density at radius 2 is 1.89 bits per heavy atom. The van der Waals surface area contributed by atoms with Crippen molar-refractivity contribution in [2.75, 3.05) is 11.9 Å². The van der Waals surface area contributed by atoms with Crippen molar-refractivity contribution in [3.63, 3.8) is 0 Å². The van der Waals surface area contributed by atoms with Crippen LogP contribution in [0.4, 0.5) is 19.0 Å². The minimum atomic E-state index is -2.90. The number of anilines is 1. The summed E-state index contributed by atoms with van der Waals surface area (Å²) in [7, 11) is 0. The van der Waals surface area contributed by atoms with Crippen molar-refractivity contribution < 1.29 is 27.8 Å². The van der Waals surface area contributed by atoms with Gasteiger partial charge >= 0.3 is 0 Å². The van der Waals surface area contributed by atoms with Crippen LogP contribution in [0.5, 0.6) is 11.5 Å². The molecule has 35 heavy (non-hydrogen) atoms. The molecule has 2 aromatic carbocycles. The molecule has 2 aliphatic rings. The van der Waals surface area contributed by atoms with Gasteiger partial charge < -0.3 is 19.9 Å². The number of aliphatic hydroxyl groups excluding tert-OH is 1. The molecule has 1 aliphatic carbocycles. The lowest BCUT2D eigenvalue weighted by Gasteiger charge is -2.27. The molecule has 2 N–H and O–H groups in total. The van der Waals surface area contributed by atoms with Crippen molar-refractivity contribution in [3.8, 4) is 11.5 Å². The summed E-state index contributed by atoms with van der Waals surface area (Å²) in [5.41, 5.74) is 1.17. The van der Waals surface area contributed by atoms with Gasteiger partial charge in [-0.3, -0.25) is 0 Å². The van der Waals surface area contributed by atoms with Crippen LogP contribution in [0.1, 0.15) is 67.6 Å². The van der Waals surface area contributed by atoms with E-state index in [-0.39, 0.29) is 17.8 Å². The number of aryl methyl sites for hydroxylation is 1. The number of fused-ring (bicyclic) bond motifs is 3. The van der Waals surface area contributed by atoms with Gasteiger partial charge in [0.1, 0.15) is 17.5 Å². The Balaban J connectivity index is 1.53. The maximum atomic E-state index is 14.8. The fraction of sp³-hybridized carbons (Fsp3) is 0.462. The molecule has 186 valence electrons. The first-order valence-electron chi connectivity index (χ1n) is 12.0. The summed E-state index contributed by atoms with van der Waals surface area (Å²) in [5, 5.41) is 13.7. The Labute approximate surface area is 201 Å². The lowest BCUT2D eigenvalue weighted by molar-refractivity contribution is 0.0652. The zero-order valence-corrected chi connectivity index (χ0v) is 19.7. The lowest BCUT2D eigenvalue weighted by Crippen LogP contribution is -2.26. The van der Waals surface area contributed by atoms with Crippen molar-refractivity contribution >= 4 is 16.7 Å². The van der Waals surface area contributed by atoms with Gasteiger partial charge in [0.05, 0.1) is 35.9 Å². The molecule has 0 radical (unpaired) electrons. The number of hydrogen-bond acceptors (Lipinski definition) is 6. The minimum absolute atomic E-state index is 0.0305. The molecule has 0 bridgehead atoms. The number of aliphatic hydroxyl groups is 1. The SMILES string of the molecule is Cc1nc(N[C@H](C)c2cccc(C(F)F)c2F)c2cc(OC3CCC(O)CC3)c3c(c2n1)CCO3. The number of alkyl halides is 2. The van der Waals surface area contributed by atoms with E-state index in [9.17, 15) is 18.3 Å². The molecule has 2 heterocycles. The average molecular weight is 488 g/mol. The Kier molecular flexibility index (Phi) is 6.44. The molecule has 1 aliphatic heterocycles. The van der Waals surface area contributed by atoms with Crippen molar-refractivity contribution in [2.45, 2.75) is 70.6 Å². The van der Waals surface area contributed by atoms with Crippen LogP contribution in [0.25, 0.3) is 10.9 Å². The second-order valence-corrected chi connectivity index (χ2v) is 9.26. The van der Waals surface area contributed by atoms with E-state index in [0.29, 0.717) is 54.4 Å². The van der Waals surface area contributed by atoms with Gasteiger partial charge in [0.15, 0.2) is 11.5 Å². The van der Waals surface area contributed by atoms with Crippen LogP contribution >= 0.6 is 0 Å². The van der Waals surface area contributed by atoms with Crippen LogP contribution in [0.2, 0.25) is 0 Å². The third-order valence-corrected chi connectivity index (χ3v) is 6.77. The molecule has 0 saturated heterocycles. The molecule has 1 aromatic heterocycles. The highest BCUT2D eigenvalue weighted by atomic mass is 19.3. The number of ether oxygens (including phenoxy) is 2.